The number of aryl methyl sites for hydroxylation is 1. The number of para-hydroxylation sites is 1. The molecule has 0 aliphatic rings. The van der Waals surface area contributed by atoms with Gasteiger partial charge >= 0.3 is 0 Å². The average molecular weight is 397 g/mol. The fraction of sp³-hybridized carbons (Fsp3) is 0.182. The van der Waals surface area contributed by atoms with Crippen LogP contribution in [0.1, 0.15) is 34.8 Å². The second-order valence-corrected chi connectivity index (χ2v) is 6.67. The van der Waals surface area contributed by atoms with E-state index in [-0.39, 0.29) is 12.0 Å². The van der Waals surface area contributed by atoms with Gasteiger partial charge in [-0.3, -0.25) is 9.78 Å². The van der Waals surface area contributed by atoms with Gasteiger partial charge < -0.3 is 14.8 Å². The maximum Gasteiger partial charge on any atom is 0.257 e. The van der Waals surface area contributed by atoms with Crippen molar-refractivity contribution in [2.24, 2.45) is 0 Å². The molecule has 0 saturated carbocycles. The zero-order valence-electron chi connectivity index (χ0n) is 15.9. The van der Waals surface area contributed by atoms with Crippen LogP contribution in [0.5, 0.6) is 11.5 Å². The zero-order valence-corrected chi connectivity index (χ0v) is 16.7. The summed E-state index contributed by atoms with van der Waals surface area (Å²) in [6.45, 7) is 3.72. The Morgan fingerprint density at radius 1 is 1.07 bits per heavy atom. The number of ether oxygens (including phenoxy) is 2. The van der Waals surface area contributed by atoms with E-state index in [4.69, 9.17) is 21.1 Å². The van der Waals surface area contributed by atoms with E-state index in [9.17, 15) is 4.79 Å². The van der Waals surface area contributed by atoms with Crippen LogP contribution in [-0.2, 0) is 4.74 Å². The van der Waals surface area contributed by atoms with Crippen molar-refractivity contribution in [2.75, 3.05) is 12.4 Å². The summed E-state index contributed by atoms with van der Waals surface area (Å²) in [7, 11) is 1.63. The summed E-state index contributed by atoms with van der Waals surface area (Å²) < 4.78 is 11.0. The zero-order chi connectivity index (χ0) is 20.1. The van der Waals surface area contributed by atoms with Gasteiger partial charge in [0.1, 0.15) is 11.5 Å². The van der Waals surface area contributed by atoms with Crippen LogP contribution in [0.2, 0.25) is 5.02 Å². The van der Waals surface area contributed by atoms with E-state index < -0.39 is 0 Å². The molecule has 144 valence electrons. The van der Waals surface area contributed by atoms with E-state index in [0.717, 1.165) is 5.69 Å². The largest absolute Gasteiger partial charge is 0.456 e. The van der Waals surface area contributed by atoms with Crippen molar-refractivity contribution in [3.8, 4) is 11.5 Å². The molecule has 5 nitrogen and oxygen atoms in total. The number of nitrogens with one attached hydrogen (secondary N) is 1. The van der Waals surface area contributed by atoms with E-state index in [1.54, 1.807) is 62.6 Å². The smallest absolute Gasteiger partial charge is 0.257 e. The predicted octanol–water partition coefficient (Wildman–Crippen LogP) is 5.80. The Morgan fingerprint density at radius 3 is 2.43 bits per heavy atom. The van der Waals surface area contributed by atoms with E-state index in [2.05, 4.69) is 10.3 Å². The number of aromatic nitrogens is 1. The van der Waals surface area contributed by atoms with Crippen LogP contribution >= 0.6 is 11.6 Å². The minimum Gasteiger partial charge on any atom is -0.456 e. The van der Waals surface area contributed by atoms with E-state index >= 15 is 0 Å². The first-order valence-electron chi connectivity index (χ1n) is 8.82. The van der Waals surface area contributed by atoms with Crippen LogP contribution in [0, 0.1) is 6.92 Å². The predicted molar refractivity (Wildman–Crippen MR) is 110 cm³/mol. The summed E-state index contributed by atoms with van der Waals surface area (Å²) in [5, 5.41) is 3.41. The highest BCUT2D eigenvalue weighted by molar-refractivity contribution is 6.32. The van der Waals surface area contributed by atoms with Crippen molar-refractivity contribution in [3.63, 3.8) is 0 Å². The van der Waals surface area contributed by atoms with Crippen LogP contribution < -0.4 is 10.1 Å². The number of benzene rings is 2. The Kier molecular flexibility index (Phi) is 6.29. The summed E-state index contributed by atoms with van der Waals surface area (Å²) in [6.07, 6.45) is -0.124. The molecule has 1 amide bonds. The summed E-state index contributed by atoms with van der Waals surface area (Å²) in [6, 6.07) is 17.9. The first kappa shape index (κ1) is 19.9. The molecule has 1 heterocycles. The lowest BCUT2D eigenvalue weighted by Gasteiger charge is -2.12. The van der Waals surface area contributed by atoms with Gasteiger partial charge in [-0.15, -0.1) is 0 Å². The number of amides is 1. The van der Waals surface area contributed by atoms with Gasteiger partial charge in [0.25, 0.3) is 5.91 Å². The lowest BCUT2D eigenvalue weighted by Crippen LogP contribution is -2.15. The molecule has 0 bridgehead atoms. The molecule has 1 N–H and O–H groups in total. The van der Waals surface area contributed by atoms with Gasteiger partial charge in [0.05, 0.1) is 28.1 Å². The topological polar surface area (TPSA) is 60.5 Å². The highest BCUT2D eigenvalue weighted by atomic mass is 35.5. The molecule has 1 aromatic heterocycles. The molecule has 0 fully saturated rings. The number of methoxy groups -OCH3 is 1. The molecule has 3 aromatic rings. The summed E-state index contributed by atoms with van der Waals surface area (Å²) in [4.78, 5) is 17.0. The van der Waals surface area contributed by atoms with Crippen molar-refractivity contribution >= 4 is 23.2 Å². The molecule has 1 atom stereocenters. The van der Waals surface area contributed by atoms with Crippen molar-refractivity contribution in [2.45, 2.75) is 20.0 Å². The first-order valence-corrected chi connectivity index (χ1v) is 9.20. The summed E-state index contributed by atoms with van der Waals surface area (Å²) in [5.74, 6) is 0.983. The Balaban J connectivity index is 1.68. The highest BCUT2D eigenvalue weighted by Crippen LogP contribution is 2.29. The Bertz CT molecular complexity index is 974. The lowest BCUT2D eigenvalue weighted by atomic mass is 10.1. The molecule has 0 spiro atoms. The number of hydrogen-bond acceptors (Lipinski definition) is 4. The monoisotopic (exact) mass is 396 g/mol. The SMILES string of the molecule is COC(C)c1ccc(C(=O)Nc2ccc(Oc3ccccc3Cl)cc2)c(C)n1. The second kappa shape index (κ2) is 8.87. The second-order valence-electron chi connectivity index (χ2n) is 6.26. The van der Waals surface area contributed by atoms with Gasteiger partial charge in [-0.05, 0) is 62.4 Å². The molecule has 1 unspecified atom stereocenters. The van der Waals surface area contributed by atoms with Crippen LogP contribution in [-0.4, -0.2) is 18.0 Å². The minimum absolute atomic E-state index is 0.124. The van der Waals surface area contributed by atoms with E-state index in [1.807, 2.05) is 19.1 Å². The standard InChI is InChI=1S/C22H21ClN2O3/c1-14-18(12-13-20(24-14)15(2)27-3)22(26)25-16-8-10-17(11-9-16)28-21-7-5-4-6-19(21)23/h4-13,15H,1-3H3,(H,25,26). The maximum atomic E-state index is 12.6. The lowest BCUT2D eigenvalue weighted by molar-refractivity contribution is 0.102. The Labute approximate surface area is 169 Å². The molecule has 3 rings (SSSR count). The highest BCUT2D eigenvalue weighted by Gasteiger charge is 2.13. The van der Waals surface area contributed by atoms with Crippen LogP contribution in [0.3, 0.4) is 0 Å². The normalized spacial score (nSPS) is 11.7. The molecule has 0 radical (unpaired) electrons. The number of anilines is 1. The quantitative estimate of drug-likeness (QED) is 0.572. The molecular formula is C22H21ClN2O3. The van der Waals surface area contributed by atoms with Crippen molar-refractivity contribution in [3.05, 3.63) is 82.6 Å². The molecule has 28 heavy (non-hydrogen) atoms. The molecular weight excluding hydrogens is 376 g/mol. The number of hydrogen-bond donors (Lipinski definition) is 1. The number of rotatable bonds is 6. The summed E-state index contributed by atoms with van der Waals surface area (Å²) >= 11 is 6.10. The van der Waals surface area contributed by atoms with Gasteiger partial charge in [0.2, 0.25) is 0 Å². The fourth-order valence-corrected chi connectivity index (χ4v) is 2.80. The van der Waals surface area contributed by atoms with E-state index in [1.165, 1.54) is 0 Å². The third-order valence-corrected chi connectivity index (χ3v) is 4.61. The van der Waals surface area contributed by atoms with Gasteiger partial charge in [0, 0.05) is 12.8 Å². The maximum absolute atomic E-state index is 12.6. The Morgan fingerprint density at radius 2 is 1.79 bits per heavy atom. The van der Waals surface area contributed by atoms with Crippen molar-refractivity contribution < 1.29 is 14.3 Å². The minimum atomic E-state index is -0.221. The number of carbonyl (C=O) groups excluding carboxylic acids is 1. The first-order chi connectivity index (χ1) is 13.5. The third-order valence-electron chi connectivity index (χ3n) is 4.30. The van der Waals surface area contributed by atoms with Crippen LogP contribution in [0.15, 0.2) is 60.7 Å². The molecule has 2 aromatic carbocycles. The number of carbonyl (C=O) groups is 1. The van der Waals surface area contributed by atoms with Gasteiger partial charge in [-0.1, -0.05) is 23.7 Å². The van der Waals surface area contributed by atoms with Gasteiger partial charge in [-0.25, -0.2) is 0 Å². The Hall–Kier alpha value is -2.89. The van der Waals surface area contributed by atoms with Gasteiger partial charge in [0.15, 0.2) is 0 Å². The average Bonchev–Trinajstić information content (AvgIpc) is 2.70. The van der Waals surface area contributed by atoms with Crippen molar-refractivity contribution in [1.29, 1.82) is 0 Å². The summed E-state index contributed by atoms with van der Waals surface area (Å²) in [5.41, 5.74) is 2.61. The third kappa shape index (κ3) is 4.68. The van der Waals surface area contributed by atoms with Crippen LogP contribution in [0.4, 0.5) is 5.69 Å². The van der Waals surface area contributed by atoms with E-state index in [0.29, 0.717) is 33.5 Å². The fourth-order valence-electron chi connectivity index (χ4n) is 2.63. The van der Waals surface area contributed by atoms with Gasteiger partial charge in [-0.2, -0.15) is 0 Å². The number of halogens is 1. The molecule has 6 heteroatoms. The van der Waals surface area contributed by atoms with Crippen LogP contribution in [0.25, 0.3) is 0 Å². The molecule has 0 aliphatic heterocycles. The molecule has 0 aliphatic carbocycles. The van der Waals surface area contributed by atoms with Crippen molar-refractivity contribution in [1.82, 2.24) is 4.98 Å². The molecule has 0 saturated heterocycles. The number of nitrogens with zero attached hydrogens (tertiary/aromatic N) is 1. The number of pyridine rings is 1.